The van der Waals surface area contributed by atoms with Gasteiger partial charge in [-0.2, -0.15) is 0 Å². The minimum absolute atomic E-state index is 0.0205. The first kappa shape index (κ1) is 11.4. The van der Waals surface area contributed by atoms with Crippen LogP contribution in [0.1, 0.15) is 22.8 Å². The number of hydrogen-bond donors (Lipinski definition) is 0. The predicted octanol–water partition coefficient (Wildman–Crippen LogP) is 3.32. The van der Waals surface area contributed by atoms with Gasteiger partial charge in [-0.05, 0) is 19.1 Å². The molecule has 0 heterocycles. The van der Waals surface area contributed by atoms with E-state index < -0.39 is 0 Å². The summed E-state index contributed by atoms with van der Waals surface area (Å²) in [5.41, 5.74) is 1.35. The van der Waals surface area contributed by atoms with Crippen molar-refractivity contribution in [1.82, 2.24) is 0 Å². The van der Waals surface area contributed by atoms with Gasteiger partial charge in [-0.3, -0.25) is 4.79 Å². The number of ketones is 1. The summed E-state index contributed by atoms with van der Waals surface area (Å²) in [4.78, 5) is 12.1. The molecule has 0 saturated heterocycles. The van der Waals surface area contributed by atoms with Crippen LogP contribution in [0.25, 0.3) is 0 Å². The lowest BCUT2D eigenvalue weighted by molar-refractivity contribution is 0.103. The topological polar surface area (TPSA) is 26.3 Å². The maximum absolute atomic E-state index is 12.1. The maximum atomic E-state index is 12.1. The van der Waals surface area contributed by atoms with Crippen molar-refractivity contribution in [1.29, 1.82) is 0 Å². The minimum Gasteiger partial charge on any atom is -0.494 e. The minimum atomic E-state index is 0.0205. The molecule has 2 aromatic carbocycles. The van der Waals surface area contributed by atoms with E-state index in [9.17, 15) is 4.79 Å². The number of hydrogen-bond acceptors (Lipinski definition) is 2. The highest BCUT2D eigenvalue weighted by Gasteiger charge is 2.08. The molecule has 0 saturated carbocycles. The van der Waals surface area contributed by atoms with Crippen molar-refractivity contribution in [3.63, 3.8) is 0 Å². The van der Waals surface area contributed by atoms with Crippen molar-refractivity contribution >= 4 is 5.78 Å². The Morgan fingerprint density at radius 2 is 1.71 bits per heavy atom. The van der Waals surface area contributed by atoms with Crippen molar-refractivity contribution in [3.05, 3.63) is 65.7 Å². The summed E-state index contributed by atoms with van der Waals surface area (Å²) in [6.45, 7) is 2.52. The van der Waals surface area contributed by atoms with E-state index in [1.54, 1.807) is 12.1 Å². The molecular formula is C15H14O2. The smallest absolute Gasteiger partial charge is 0.193 e. The molecule has 86 valence electrons. The third-order valence-electron chi connectivity index (χ3n) is 2.44. The zero-order valence-electron chi connectivity index (χ0n) is 9.72. The molecule has 0 fully saturated rings. The predicted molar refractivity (Wildman–Crippen MR) is 67.5 cm³/mol. The van der Waals surface area contributed by atoms with Gasteiger partial charge in [0.2, 0.25) is 0 Å². The van der Waals surface area contributed by atoms with Gasteiger partial charge in [-0.15, -0.1) is 0 Å². The molecule has 0 unspecified atom stereocenters. The zero-order chi connectivity index (χ0) is 12.1. The summed E-state index contributed by atoms with van der Waals surface area (Å²) in [6.07, 6.45) is 0. The van der Waals surface area contributed by atoms with E-state index >= 15 is 0 Å². The Labute approximate surface area is 101 Å². The molecule has 0 N–H and O–H groups in total. The summed E-state index contributed by atoms with van der Waals surface area (Å²) in [5.74, 6) is 0.751. The fraction of sp³-hybridized carbons (Fsp3) is 0.133. The summed E-state index contributed by atoms with van der Waals surface area (Å²) < 4.78 is 5.38. The molecule has 0 radical (unpaired) electrons. The highest BCUT2D eigenvalue weighted by molar-refractivity contribution is 6.09. The normalized spacial score (nSPS) is 9.94. The van der Waals surface area contributed by atoms with Crippen LogP contribution in [-0.2, 0) is 0 Å². The van der Waals surface area contributed by atoms with Gasteiger partial charge in [0.05, 0.1) is 6.61 Å². The van der Waals surface area contributed by atoms with Gasteiger partial charge in [0.25, 0.3) is 0 Å². The fourth-order valence-corrected chi connectivity index (χ4v) is 1.65. The molecule has 0 aliphatic rings. The van der Waals surface area contributed by atoms with Crippen LogP contribution < -0.4 is 4.74 Å². The summed E-state index contributed by atoms with van der Waals surface area (Å²) in [5, 5.41) is 0. The van der Waals surface area contributed by atoms with Gasteiger partial charge in [0, 0.05) is 11.1 Å². The quantitative estimate of drug-likeness (QED) is 0.747. The zero-order valence-corrected chi connectivity index (χ0v) is 9.72. The Hall–Kier alpha value is -2.09. The second kappa shape index (κ2) is 5.30. The van der Waals surface area contributed by atoms with Crippen LogP contribution in [0.3, 0.4) is 0 Å². The standard InChI is InChI=1S/C15H14O2/c1-2-17-14-10-6-9-13(11-14)15(16)12-7-4-3-5-8-12/h3-11H,2H2,1H3. The summed E-state index contributed by atoms with van der Waals surface area (Å²) in [7, 11) is 0. The molecule has 17 heavy (non-hydrogen) atoms. The van der Waals surface area contributed by atoms with Gasteiger partial charge in [-0.1, -0.05) is 42.5 Å². The fourth-order valence-electron chi connectivity index (χ4n) is 1.65. The number of carbonyl (C=O) groups excluding carboxylic acids is 1. The molecule has 0 spiro atoms. The lowest BCUT2D eigenvalue weighted by atomic mass is 10.0. The van der Waals surface area contributed by atoms with E-state index in [-0.39, 0.29) is 5.78 Å². The Balaban J connectivity index is 2.28. The number of ether oxygens (including phenoxy) is 1. The van der Waals surface area contributed by atoms with Crippen molar-refractivity contribution in [3.8, 4) is 5.75 Å². The molecule has 2 rings (SSSR count). The highest BCUT2D eigenvalue weighted by atomic mass is 16.5. The molecule has 0 aromatic heterocycles. The number of benzene rings is 2. The van der Waals surface area contributed by atoms with Gasteiger partial charge < -0.3 is 4.74 Å². The first-order chi connectivity index (χ1) is 8.31. The monoisotopic (exact) mass is 226 g/mol. The average molecular weight is 226 g/mol. The van der Waals surface area contributed by atoms with Gasteiger partial charge in [0.15, 0.2) is 5.78 Å². The van der Waals surface area contributed by atoms with Crippen LogP contribution >= 0.6 is 0 Å². The molecule has 2 nitrogen and oxygen atoms in total. The lowest BCUT2D eigenvalue weighted by Gasteiger charge is -2.05. The Morgan fingerprint density at radius 1 is 1.00 bits per heavy atom. The van der Waals surface area contributed by atoms with Gasteiger partial charge in [0.1, 0.15) is 5.75 Å². The first-order valence-electron chi connectivity index (χ1n) is 5.64. The van der Waals surface area contributed by atoms with Crippen LogP contribution in [0.2, 0.25) is 0 Å². The van der Waals surface area contributed by atoms with Crippen molar-refractivity contribution in [2.45, 2.75) is 6.92 Å². The number of carbonyl (C=O) groups is 1. The molecule has 0 bridgehead atoms. The third-order valence-corrected chi connectivity index (χ3v) is 2.44. The SMILES string of the molecule is CCOc1cccc(C(=O)c2ccccc2)c1. The van der Waals surface area contributed by atoms with Crippen molar-refractivity contribution in [2.75, 3.05) is 6.61 Å². The molecule has 0 amide bonds. The van der Waals surface area contributed by atoms with Crippen LogP contribution in [0.4, 0.5) is 0 Å². The summed E-state index contributed by atoms with van der Waals surface area (Å²) >= 11 is 0. The number of rotatable bonds is 4. The van der Waals surface area contributed by atoms with E-state index in [2.05, 4.69) is 0 Å². The summed E-state index contributed by atoms with van der Waals surface area (Å²) in [6, 6.07) is 16.5. The van der Waals surface area contributed by atoms with Gasteiger partial charge in [-0.25, -0.2) is 0 Å². The molecule has 2 heteroatoms. The molecule has 2 aromatic rings. The largest absolute Gasteiger partial charge is 0.494 e. The lowest BCUT2D eigenvalue weighted by Crippen LogP contribution is -2.01. The van der Waals surface area contributed by atoms with E-state index in [1.807, 2.05) is 49.4 Å². The van der Waals surface area contributed by atoms with Crippen LogP contribution in [0.5, 0.6) is 5.75 Å². The van der Waals surface area contributed by atoms with Gasteiger partial charge >= 0.3 is 0 Å². The molecule has 0 atom stereocenters. The maximum Gasteiger partial charge on any atom is 0.193 e. The van der Waals surface area contributed by atoms with Crippen LogP contribution in [0.15, 0.2) is 54.6 Å². The molecule has 0 aliphatic carbocycles. The Bertz CT molecular complexity index is 503. The van der Waals surface area contributed by atoms with E-state index in [4.69, 9.17) is 4.74 Å². The van der Waals surface area contributed by atoms with Crippen molar-refractivity contribution in [2.24, 2.45) is 0 Å². The Morgan fingerprint density at radius 3 is 2.41 bits per heavy atom. The second-order valence-electron chi connectivity index (χ2n) is 3.66. The first-order valence-corrected chi connectivity index (χ1v) is 5.64. The van der Waals surface area contributed by atoms with E-state index in [0.29, 0.717) is 17.7 Å². The van der Waals surface area contributed by atoms with E-state index in [1.165, 1.54) is 0 Å². The second-order valence-corrected chi connectivity index (χ2v) is 3.66. The Kier molecular flexibility index (Phi) is 3.55. The third kappa shape index (κ3) is 2.72. The van der Waals surface area contributed by atoms with Crippen LogP contribution in [-0.4, -0.2) is 12.4 Å². The van der Waals surface area contributed by atoms with Crippen LogP contribution in [0, 0.1) is 0 Å². The van der Waals surface area contributed by atoms with Crippen molar-refractivity contribution < 1.29 is 9.53 Å². The molecule has 0 aliphatic heterocycles. The van der Waals surface area contributed by atoms with E-state index in [0.717, 1.165) is 5.75 Å². The molecular weight excluding hydrogens is 212 g/mol. The average Bonchev–Trinajstić information content (AvgIpc) is 2.40. The highest BCUT2D eigenvalue weighted by Crippen LogP contribution is 2.16.